The van der Waals surface area contributed by atoms with Crippen molar-refractivity contribution in [2.24, 2.45) is 5.41 Å². The predicted octanol–water partition coefficient (Wildman–Crippen LogP) is 5.58. The average Bonchev–Trinajstić information content (AvgIpc) is 2.79. The summed E-state index contributed by atoms with van der Waals surface area (Å²) >= 11 is 1.37. The van der Waals surface area contributed by atoms with Crippen molar-refractivity contribution in [2.75, 3.05) is 23.5 Å². The number of hydrogen-bond acceptors (Lipinski definition) is 6. The molecule has 0 saturated carbocycles. The molecule has 2 heterocycles. The zero-order valence-electron chi connectivity index (χ0n) is 19.7. The van der Waals surface area contributed by atoms with E-state index in [4.69, 9.17) is 4.74 Å². The van der Waals surface area contributed by atoms with E-state index < -0.39 is 28.5 Å². The molecule has 0 aromatic heterocycles. The summed E-state index contributed by atoms with van der Waals surface area (Å²) in [6.07, 6.45) is 10.3. The number of aliphatic carboxylic acids is 1. The molecule has 8 heteroatoms. The quantitative estimate of drug-likeness (QED) is 0.431. The first-order valence-corrected chi connectivity index (χ1v) is 14.6. The van der Waals surface area contributed by atoms with Crippen LogP contribution < -0.4 is 4.90 Å². The minimum atomic E-state index is -3.67. The summed E-state index contributed by atoms with van der Waals surface area (Å²) in [5.74, 6) is -0.823. The van der Waals surface area contributed by atoms with E-state index >= 15 is 0 Å². The third-order valence-electron chi connectivity index (χ3n) is 6.54. The predicted molar refractivity (Wildman–Crippen MR) is 135 cm³/mol. The first-order chi connectivity index (χ1) is 15.8. The molecule has 1 aromatic carbocycles. The van der Waals surface area contributed by atoms with Crippen LogP contribution in [0.25, 0.3) is 0 Å². The second kappa shape index (κ2) is 11.0. The van der Waals surface area contributed by atoms with Crippen molar-refractivity contribution in [1.29, 1.82) is 0 Å². The summed E-state index contributed by atoms with van der Waals surface area (Å²) in [6, 6.07) is 9.38. The number of carboxylic acid groups (broad SMARTS) is 1. The Morgan fingerprint density at radius 3 is 2.36 bits per heavy atom. The number of nitrogens with zero attached hydrogens (tertiary/aromatic N) is 1. The third kappa shape index (κ3) is 5.77. The van der Waals surface area contributed by atoms with Crippen LogP contribution in [0.4, 0.5) is 5.69 Å². The van der Waals surface area contributed by atoms with E-state index in [0.717, 1.165) is 44.2 Å². The number of para-hydroxylation sites is 1. The molecule has 182 valence electrons. The van der Waals surface area contributed by atoms with Gasteiger partial charge in [0.2, 0.25) is 0 Å². The Morgan fingerprint density at radius 2 is 1.82 bits per heavy atom. The molecule has 6 nitrogen and oxygen atoms in total. The van der Waals surface area contributed by atoms with Gasteiger partial charge >= 0.3 is 5.97 Å². The fourth-order valence-corrected chi connectivity index (χ4v) is 8.09. The Morgan fingerprint density at radius 1 is 1.18 bits per heavy atom. The van der Waals surface area contributed by atoms with Gasteiger partial charge in [0.05, 0.1) is 16.7 Å². The maximum Gasteiger partial charge on any atom is 0.341 e. The molecule has 0 amide bonds. The number of sulfone groups is 1. The number of fused-ring (bicyclic) bond motifs is 1. The lowest BCUT2D eigenvalue weighted by atomic mass is 9.74. The highest BCUT2D eigenvalue weighted by Gasteiger charge is 2.51. The van der Waals surface area contributed by atoms with Crippen molar-refractivity contribution in [3.05, 3.63) is 52.1 Å². The fraction of sp³-hybridized carbons (Fsp3) is 0.560. The van der Waals surface area contributed by atoms with Gasteiger partial charge in [0.1, 0.15) is 4.91 Å². The van der Waals surface area contributed by atoms with E-state index in [2.05, 4.69) is 18.7 Å². The van der Waals surface area contributed by atoms with Crippen LogP contribution in [0.5, 0.6) is 0 Å². The third-order valence-corrected chi connectivity index (χ3v) is 9.39. The Labute approximate surface area is 202 Å². The van der Waals surface area contributed by atoms with Gasteiger partial charge in [-0.25, -0.2) is 13.2 Å². The molecule has 1 saturated heterocycles. The molecule has 1 atom stereocenters. The molecular formula is C25H35NO5S2. The van der Waals surface area contributed by atoms with Gasteiger partial charge in [-0.2, -0.15) is 0 Å². The van der Waals surface area contributed by atoms with E-state index in [1.54, 1.807) is 0 Å². The smallest absolute Gasteiger partial charge is 0.341 e. The van der Waals surface area contributed by atoms with E-state index in [9.17, 15) is 18.3 Å². The number of anilines is 1. The molecule has 2 aliphatic heterocycles. The van der Waals surface area contributed by atoms with Gasteiger partial charge in [0.15, 0.2) is 22.2 Å². The molecule has 33 heavy (non-hydrogen) atoms. The minimum Gasteiger partial charge on any atom is -0.480 e. The largest absolute Gasteiger partial charge is 0.480 e. The topological polar surface area (TPSA) is 83.9 Å². The van der Waals surface area contributed by atoms with Gasteiger partial charge in [0, 0.05) is 11.9 Å². The second-order valence-electron chi connectivity index (χ2n) is 9.00. The number of rotatable bonds is 11. The van der Waals surface area contributed by atoms with E-state index in [1.165, 1.54) is 11.8 Å². The van der Waals surface area contributed by atoms with Gasteiger partial charge in [-0.15, -0.1) is 11.8 Å². The number of carboxylic acids is 1. The van der Waals surface area contributed by atoms with Crippen molar-refractivity contribution in [3.8, 4) is 0 Å². The number of carbonyl (C=O) groups is 1. The van der Waals surface area contributed by atoms with Crippen LogP contribution in [-0.4, -0.2) is 44.2 Å². The highest BCUT2D eigenvalue weighted by molar-refractivity contribution is 8.02. The molecule has 0 bridgehead atoms. The summed E-state index contributed by atoms with van der Waals surface area (Å²) in [4.78, 5) is 14.2. The molecule has 1 fully saturated rings. The van der Waals surface area contributed by atoms with Crippen molar-refractivity contribution in [1.82, 2.24) is 0 Å². The summed E-state index contributed by atoms with van der Waals surface area (Å²) in [5, 5.41) is 9.20. The summed E-state index contributed by atoms with van der Waals surface area (Å²) in [7, 11) is -3.67. The van der Waals surface area contributed by atoms with Crippen LogP contribution in [0.15, 0.2) is 52.1 Å². The first kappa shape index (κ1) is 25.7. The van der Waals surface area contributed by atoms with Gasteiger partial charge in [0.25, 0.3) is 0 Å². The van der Waals surface area contributed by atoms with Gasteiger partial charge in [-0.1, -0.05) is 57.7 Å². The highest BCUT2D eigenvalue weighted by Crippen LogP contribution is 2.50. The van der Waals surface area contributed by atoms with Crippen molar-refractivity contribution < 1.29 is 23.1 Å². The molecule has 3 rings (SSSR count). The number of hydrogen-bond donors (Lipinski definition) is 1. The maximum absolute atomic E-state index is 13.9. The number of ether oxygens (including phenoxy) is 1. The molecule has 0 aliphatic carbocycles. The lowest BCUT2D eigenvalue weighted by molar-refractivity contribution is -0.140. The number of unbranched alkanes of at least 4 members (excludes halogenated alkanes) is 2. The first-order valence-electron chi connectivity index (χ1n) is 11.7. The monoisotopic (exact) mass is 493 g/mol. The van der Waals surface area contributed by atoms with Crippen molar-refractivity contribution in [2.45, 2.75) is 64.8 Å². The molecular weight excluding hydrogens is 458 g/mol. The summed E-state index contributed by atoms with van der Waals surface area (Å²) in [6.45, 7) is 3.71. The molecule has 1 aromatic rings. The van der Waals surface area contributed by atoms with E-state index in [1.807, 2.05) is 42.8 Å². The molecule has 0 radical (unpaired) electrons. The van der Waals surface area contributed by atoms with E-state index in [0.29, 0.717) is 11.3 Å². The zero-order valence-corrected chi connectivity index (χ0v) is 21.4. The maximum atomic E-state index is 13.9. The van der Waals surface area contributed by atoms with Crippen molar-refractivity contribution in [3.63, 3.8) is 0 Å². The Bertz CT molecular complexity index is 993. The number of thioether (sulfide) groups is 1. The van der Waals surface area contributed by atoms with Crippen LogP contribution in [-0.2, 0) is 19.4 Å². The lowest BCUT2D eigenvalue weighted by Crippen LogP contribution is -2.50. The fourth-order valence-electron chi connectivity index (χ4n) is 5.02. The van der Waals surface area contributed by atoms with Crippen LogP contribution in [0.2, 0.25) is 0 Å². The van der Waals surface area contributed by atoms with Crippen LogP contribution >= 0.6 is 11.8 Å². The summed E-state index contributed by atoms with van der Waals surface area (Å²) in [5.41, 5.74) is 0.620. The minimum absolute atomic E-state index is 0.0933. The SMILES string of the molecule is CCCCC1(CCCC)CC2C(=C(OCC(=O)O)C(SC)=CN2c2ccccc2)S(=O)(=O)C1. The molecule has 2 aliphatic rings. The lowest BCUT2D eigenvalue weighted by Gasteiger charge is -2.47. The Kier molecular flexibility index (Phi) is 8.56. The standard InChI is InChI=1S/C25H35NO5S2/c1-4-6-13-25(14-7-5-2)15-20-24(33(29,30)18-25)23(31-17-22(27)28)21(32-3)16-26(20)19-11-9-8-10-12-19/h8-12,16,20H,4-7,13-15,17-18H2,1-3H3,(H,27,28). The van der Waals surface area contributed by atoms with E-state index in [-0.39, 0.29) is 21.8 Å². The number of benzene rings is 1. The van der Waals surface area contributed by atoms with Crippen LogP contribution in [0, 0.1) is 5.41 Å². The molecule has 1 N–H and O–H groups in total. The van der Waals surface area contributed by atoms with Gasteiger partial charge < -0.3 is 14.7 Å². The molecule has 1 unspecified atom stereocenters. The Balaban J connectivity index is 2.17. The van der Waals surface area contributed by atoms with Gasteiger partial charge in [-0.05, 0) is 43.1 Å². The summed E-state index contributed by atoms with van der Waals surface area (Å²) < 4.78 is 33.5. The zero-order chi connectivity index (χ0) is 24.1. The second-order valence-corrected chi connectivity index (χ2v) is 11.8. The van der Waals surface area contributed by atoms with Crippen molar-refractivity contribution >= 4 is 33.3 Å². The Hall–Kier alpha value is -1.93. The van der Waals surface area contributed by atoms with Gasteiger partial charge in [-0.3, -0.25) is 0 Å². The molecule has 0 spiro atoms. The average molecular weight is 494 g/mol. The normalized spacial score (nSPS) is 21.4. The van der Waals surface area contributed by atoms with Crippen LogP contribution in [0.3, 0.4) is 0 Å². The van der Waals surface area contributed by atoms with Crippen LogP contribution in [0.1, 0.15) is 58.8 Å². The highest BCUT2D eigenvalue weighted by atomic mass is 32.2.